The second kappa shape index (κ2) is 6.37. The van der Waals surface area contributed by atoms with Crippen LogP contribution in [0.5, 0.6) is 0 Å². The van der Waals surface area contributed by atoms with Crippen LogP contribution in [0.3, 0.4) is 0 Å². The summed E-state index contributed by atoms with van der Waals surface area (Å²) in [6, 6.07) is 12.8. The summed E-state index contributed by atoms with van der Waals surface area (Å²) in [5, 5.41) is 22.7. The van der Waals surface area contributed by atoms with Gasteiger partial charge in [0.1, 0.15) is 5.76 Å². The smallest absolute Gasteiger partial charge is 0.245 e. The molecule has 0 fully saturated rings. The Hall–Kier alpha value is -3.40. The van der Waals surface area contributed by atoms with Gasteiger partial charge in [0, 0.05) is 5.69 Å². The fourth-order valence-electron chi connectivity index (χ4n) is 1.79. The molecule has 3 rings (SSSR count). The lowest BCUT2D eigenvalue weighted by atomic mass is 10.2. The van der Waals surface area contributed by atoms with Crippen LogP contribution in [0.25, 0.3) is 0 Å². The van der Waals surface area contributed by atoms with Gasteiger partial charge < -0.3 is 15.1 Å². The van der Waals surface area contributed by atoms with Crippen molar-refractivity contribution in [3.8, 4) is 6.07 Å². The molecule has 7 heteroatoms. The number of hydrogen-bond acceptors (Lipinski definition) is 7. The van der Waals surface area contributed by atoms with Crippen molar-refractivity contribution in [1.82, 2.24) is 15.2 Å². The summed E-state index contributed by atoms with van der Waals surface area (Å²) in [7, 11) is 0. The minimum Gasteiger partial charge on any atom is -0.467 e. The van der Waals surface area contributed by atoms with E-state index in [4.69, 9.17) is 9.68 Å². The highest BCUT2D eigenvalue weighted by molar-refractivity contribution is 5.57. The number of hydrogen-bond donors (Lipinski definition) is 2. The number of nitriles is 1. The maximum absolute atomic E-state index is 8.78. The average Bonchev–Trinajstić information content (AvgIpc) is 3.08. The van der Waals surface area contributed by atoms with Gasteiger partial charge in [-0.3, -0.25) is 0 Å². The Bertz CT molecular complexity index is 777. The molecule has 0 aliphatic heterocycles. The maximum atomic E-state index is 8.78. The molecule has 3 aromatic rings. The van der Waals surface area contributed by atoms with E-state index in [9.17, 15) is 0 Å². The molecule has 0 aliphatic rings. The van der Waals surface area contributed by atoms with Gasteiger partial charge in [-0.15, -0.1) is 5.10 Å². The molecule has 7 nitrogen and oxygen atoms in total. The number of anilines is 3. The van der Waals surface area contributed by atoms with Crippen molar-refractivity contribution in [1.29, 1.82) is 5.26 Å². The highest BCUT2D eigenvalue weighted by atomic mass is 16.3. The Morgan fingerprint density at radius 2 is 2.05 bits per heavy atom. The number of benzene rings is 1. The van der Waals surface area contributed by atoms with Crippen LogP contribution in [0.15, 0.2) is 53.3 Å². The molecule has 0 spiro atoms. The molecule has 0 radical (unpaired) electrons. The molecule has 0 atom stereocenters. The average molecular weight is 292 g/mol. The van der Waals surface area contributed by atoms with Crippen LogP contribution in [-0.2, 0) is 6.54 Å². The zero-order chi connectivity index (χ0) is 15.2. The summed E-state index contributed by atoms with van der Waals surface area (Å²) in [5.74, 6) is 1.74. The van der Waals surface area contributed by atoms with Crippen LogP contribution in [0.1, 0.15) is 11.3 Å². The van der Waals surface area contributed by atoms with Crippen molar-refractivity contribution in [2.24, 2.45) is 0 Å². The lowest BCUT2D eigenvalue weighted by Gasteiger charge is -2.07. The summed E-state index contributed by atoms with van der Waals surface area (Å²) in [6.07, 6.45) is 3.13. The van der Waals surface area contributed by atoms with E-state index in [0.29, 0.717) is 23.9 Å². The molecule has 0 aliphatic carbocycles. The van der Waals surface area contributed by atoms with Gasteiger partial charge in [0.25, 0.3) is 0 Å². The quantitative estimate of drug-likeness (QED) is 0.745. The number of aromatic nitrogens is 3. The largest absolute Gasteiger partial charge is 0.467 e. The number of nitrogens with zero attached hydrogens (tertiary/aromatic N) is 4. The van der Waals surface area contributed by atoms with Gasteiger partial charge >= 0.3 is 0 Å². The van der Waals surface area contributed by atoms with E-state index < -0.39 is 0 Å². The van der Waals surface area contributed by atoms with Crippen molar-refractivity contribution < 1.29 is 4.42 Å². The molecule has 0 unspecified atom stereocenters. The first-order valence-corrected chi connectivity index (χ1v) is 6.56. The van der Waals surface area contributed by atoms with Gasteiger partial charge in [0.2, 0.25) is 5.95 Å². The van der Waals surface area contributed by atoms with E-state index in [0.717, 1.165) is 11.4 Å². The first-order chi connectivity index (χ1) is 10.8. The van der Waals surface area contributed by atoms with Crippen LogP contribution in [0.4, 0.5) is 17.5 Å². The third-order valence-corrected chi connectivity index (χ3v) is 2.85. The Morgan fingerprint density at radius 1 is 1.18 bits per heavy atom. The van der Waals surface area contributed by atoms with Crippen molar-refractivity contribution in [3.63, 3.8) is 0 Å². The highest BCUT2D eigenvalue weighted by Gasteiger charge is 2.02. The van der Waals surface area contributed by atoms with E-state index >= 15 is 0 Å². The second-order valence-corrected chi connectivity index (χ2v) is 4.41. The fourth-order valence-corrected chi connectivity index (χ4v) is 1.79. The maximum Gasteiger partial charge on any atom is 0.245 e. The molecule has 2 aromatic heterocycles. The number of nitrogens with one attached hydrogen (secondary N) is 2. The Labute approximate surface area is 126 Å². The van der Waals surface area contributed by atoms with Gasteiger partial charge in [0.05, 0.1) is 30.6 Å². The van der Waals surface area contributed by atoms with Crippen LogP contribution >= 0.6 is 0 Å². The van der Waals surface area contributed by atoms with Crippen LogP contribution in [-0.4, -0.2) is 15.2 Å². The van der Waals surface area contributed by atoms with Gasteiger partial charge in [-0.2, -0.15) is 15.3 Å². The fraction of sp³-hybridized carbons (Fsp3) is 0.0667. The van der Waals surface area contributed by atoms with Gasteiger partial charge in [0.15, 0.2) is 5.82 Å². The molecule has 0 amide bonds. The van der Waals surface area contributed by atoms with E-state index in [1.54, 1.807) is 30.5 Å². The summed E-state index contributed by atoms with van der Waals surface area (Å²) < 4.78 is 5.22. The summed E-state index contributed by atoms with van der Waals surface area (Å²) in [5.41, 5.74) is 1.42. The van der Waals surface area contributed by atoms with Crippen molar-refractivity contribution in [3.05, 3.63) is 60.2 Å². The Morgan fingerprint density at radius 3 is 2.77 bits per heavy atom. The molecule has 0 saturated heterocycles. The predicted molar refractivity (Wildman–Crippen MR) is 80.3 cm³/mol. The molecule has 2 N–H and O–H groups in total. The first kappa shape index (κ1) is 13.6. The lowest BCUT2D eigenvalue weighted by molar-refractivity contribution is 0.517. The molecular formula is C15H12N6O. The lowest BCUT2D eigenvalue weighted by Crippen LogP contribution is -2.05. The standard InChI is InChI=1S/C15H12N6O/c16-8-11-3-5-12(6-4-11)19-14-10-18-21-15(20-14)17-9-13-2-1-7-22-13/h1-7,10H,9H2,(H2,17,19,20,21). The normalized spacial score (nSPS) is 9.95. The number of rotatable bonds is 5. The van der Waals surface area contributed by atoms with Crippen molar-refractivity contribution in [2.45, 2.75) is 6.54 Å². The van der Waals surface area contributed by atoms with Crippen molar-refractivity contribution >= 4 is 17.5 Å². The Kier molecular flexibility index (Phi) is 3.93. The monoisotopic (exact) mass is 292 g/mol. The predicted octanol–water partition coefficient (Wildman–Crippen LogP) is 2.69. The summed E-state index contributed by atoms with van der Waals surface area (Å²) in [6.45, 7) is 0.481. The summed E-state index contributed by atoms with van der Waals surface area (Å²) in [4.78, 5) is 4.31. The van der Waals surface area contributed by atoms with E-state index in [-0.39, 0.29) is 0 Å². The molecule has 108 valence electrons. The molecule has 0 saturated carbocycles. The topological polar surface area (TPSA) is 99.7 Å². The van der Waals surface area contributed by atoms with E-state index in [1.807, 2.05) is 12.1 Å². The third kappa shape index (κ3) is 3.37. The Balaban J connectivity index is 1.66. The van der Waals surface area contributed by atoms with Gasteiger partial charge in [-0.05, 0) is 36.4 Å². The summed E-state index contributed by atoms with van der Waals surface area (Å²) >= 11 is 0. The third-order valence-electron chi connectivity index (χ3n) is 2.85. The van der Waals surface area contributed by atoms with Crippen LogP contribution in [0.2, 0.25) is 0 Å². The minimum atomic E-state index is 0.398. The molecular weight excluding hydrogens is 280 g/mol. The van der Waals surface area contributed by atoms with Gasteiger partial charge in [-0.25, -0.2) is 0 Å². The SMILES string of the molecule is N#Cc1ccc(Nc2cnnc(NCc3ccco3)n2)cc1. The molecule has 1 aromatic carbocycles. The van der Waals surface area contributed by atoms with Gasteiger partial charge in [-0.1, -0.05) is 0 Å². The van der Waals surface area contributed by atoms with Crippen LogP contribution in [0, 0.1) is 11.3 Å². The second-order valence-electron chi connectivity index (χ2n) is 4.41. The molecule has 0 bridgehead atoms. The number of furan rings is 1. The van der Waals surface area contributed by atoms with Crippen molar-refractivity contribution in [2.75, 3.05) is 10.6 Å². The molecule has 2 heterocycles. The van der Waals surface area contributed by atoms with Crippen LogP contribution < -0.4 is 10.6 Å². The molecule has 22 heavy (non-hydrogen) atoms. The zero-order valence-electron chi connectivity index (χ0n) is 11.5. The minimum absolute atomic E-state index is 0.398. The highest BCUT2D eigenvalue weighted by Crippen LogP contribution is 2.15. The zero-order valence-corrected chi connectivity index (χ0v) is 11.5. The first-order valence-electron chi connectivity index (χ1n) is 6.56. The van der Waals surface area contributed by atoms with E-state index in [1.165, 1.54) is 6.20 Å². The van der Waals surface area contributed by atoms with E-state index in [2.05, 4.69) is 31.9 Å².